The van der Waals surface area contributed by atoms with Crippen LogP contribution in [0.2, 0.25) is 20.1 Å². The third-order valence-electron chi connectivity index (χ3n) is 12.2. The molecule has 0 aromatic heterocycles. The van der Waals surface area contributed by atoms with Crippen LogP contribution in [0, 0.1) is 0 Å². The fraction of sp³-hybridized carbons (Fsp3) is 0.339. The Morgan fingerprint density at radius 1 is 0.514 bits per heavy atom. The highest BCUT2D eigenvalue weighted by Gasteiger charge is 2.52. The summed E-state index contributed by atoms with van der Waals surface area (Å²) in [7, 11) is 5.21. The number of ketones is 1. The van der Waals surface area contributed by atoms with Crippen LogP contribution in [0.1, 0.15) is 65.0 Å². The molecule has 0 aliphatic rings. The molecule has 6 aromatic carbocycles. The van der Waals surface area contributed by atoms with Gasteiger partial charge in [0.25, 0.3) is 5.78 Å². The highest BCUT2D eigenvalue weighted by Crippen LogP contribution is 2.34. The van der Waals surface area contributed by atoms with E-state index < -0.39 is 37.0 Å². The molecule has 0 aliphatic heterocycles. The Kier molecular flexibility index (Phi) is 22.2. The van der Waals surface area contributed by atoms with Crippen molar-refractivity contribution in [3.63, 3.8) is 0 Å². The molecule has 0 bridgehead atoms. The molecule has 0 aliphatic carbocycles. The number of ether oxygens (including phenoxy) is 3. The number of carbonyl (C=O) groups is 1. The Morgan fingerprint density at radius 2 is 0.833 bits per heavy atom. The molecule has 386 valence electrons. The zero-order valence-electron chi connectivity index (χ0n) is 40.4. The van der Waals surface area contributed by atoms with Crippen molar-refractivity contribution in [1.82, 2.24) is 9.80 Å². The summed E-state index contributed by atoms with van der Waals surface area (Å²) in [5.41, 5.74) is 4.49. The van der Waals surface area contributed by atoms with Crippen molar-refractivity contribution in [1.29, 1.82) is 0 Å². The summed E-state index contributed by atoms with van der Waals surface area (Å²) in [6, 6.07) is 45.6. The lowest BCUT2D eigenvalue weighted by atomic mass is 9.91. The summed E-state index contributed by atoms with van der Waals surface area (Å²) in [6.07, 6.45) is -5.92. The fourth-order valence-electron chi connectivity index (χ4n) is 7.71. The third-order valence-corrected chi connectivity index (χ3v) is 13.2. The average molecular weight is 1080 g/mol. The Morgan fingerprint density at radius 3 is 1.12 bits per heavy atom. The van der Waals surface area contributed by atoms with E-state index in [1.54, 1.807) is 36.4 Å². The van der Waals surface area contributed by atoms with E-state index in [2.05, 4.69) is 52.9 Å². The summed E-state index contributed by atoms with van der Waals surface area (Å²) >= 11 is 24.4. The number of benzene rings is 6. The number of Topliss-reactive ketones (excluding diaryl/α,β-unsaturated/α-hetero) is 1. The van der Waals surface area contributed by atoms with Gasteiger partial charge in [0.2, 0.25) is 0 Å². The quantitative estimate of drug-likeness (QED) is 0.0596. The first-order chi connectivity index (χ1) is 34.1. The SMILES string of the molecule is CN(CCCc1ccc(OCC(=O)C(F)(F)F)cc1)CC(c1ccc(Cl)cc1)c1ccc(Cl)cc1.COC(C)(COc1ccc(CCCN(C)CC(c2ccc(Cl)cc2)c2ccc(Cl)cc2)cc1)C(F)(F)F. The van der Waals surface area contributed by atoms with Gasteiger partial charge in [-0.2, -0.15) is 26.3 Å². The predicted molar refractivity (Wildman–Crippen MR) is 278 cm³/mol. The molecule has 0 amide bonds. The summed E-state index contributed by atoms with van der Waals surface area (Å²) in [4.78, 5) is 15.5. The first-order valence-electron chi connectivity index (χ1n) is 23.2. The van der Waals surface area contributed by atoms with E-state index in [1.807, 2.05) is 84.9 Å². The van der Waals surface area contributed by atoms with Crippen LogP contribution < -0.4 is 9.47 Å². The first-order valence-corrected chi connectivity index (χ1v) is 24.7. The van der Waals surface area contributed by atoms with Gasteiger partial charge in [-0.15, -0.1) is 0 Å². The molecular weight excluding hydrogens is 1020 g/mol. The zero-order valence-corrected chi connectivity index (χ0v) is 43.4. The maximum Gasteiger partial charge on any atom is 0.453 e. The van der Waals surface area contributed by atoms with Crippen molar-refractivity contribution >= 4 is 52.2 Å². The van der Waals surface area contributed by atoms with Gasteiger partial charge in [-0.1, -0.05) is 119 Å². The Hall–Kier alpha value is -4.79. The van der Waals surface area contributed by atoms with Gasteiger partial charge in [0.05, 0.1) is 0 Å². The lowest BCUT2D eigenvalue weighted by Gasteiger charge is -2.30. The maximum absolute atomic E-state index is 13.2. The summed E-state index contributed by atoms with van der Waals surface area (Å²) < 4.78 is 91.3. The number of carbonyl (C=O) groups excluding carboxylic acids is 1. The number of aryl methyl sites for hydroxylation is 2. The van der Waals surface area contributed by atoms with Gasteiger partial charge in [-0.25, -0.2) is 0 Å². The molecular formula is C56H58Cl4F6N2O4. The minimum Gasteiger partial charge on any atom is -0.490 e. The molecule has 16 heteroatoms. The Bertz CT molecular complexity index is 2460. The van der Waals surface area contributed by atoms with Crippen LogP contribution in [-0.2, 0) is 22.4 Å². The second-order valence-corrected chi connectivity index (χ2v) is 19.5. The number of rotatable bonds is 23. The Balaban J connectivity index is 0.000000268. The maximum atomic E-state index is 13.2. The van der Waals surface area contributed by atoms with E-state index in [9.17, 15) is 31.1 Å². The molecule has 0 spiro atoms. The minimum atomic E-state index is -4.88. The summed E-state index contributed by atoms with van der Waals surface area (Å²) in [6.45, 7) is 2.72. The van der Waals surface area contributed by atoms with Crippen molar-refractivity contribution < 1.29 is 45.3 Å². The average Bonchev–Trinajstić information content (AvgIpc) is 3.35. The van der Waals surface area contributed by atoms with Gasteiger partial charge in [0.15, 0.2) is 12.2 Å². The van der Waals surface area contributed by atoms with E-state index in [4.69, 9.17) is 55.9 Å². The molecule has 0 heterocycles. The van der Waals surface area contributed by atoms with Crippen LogP contribution in [0.15, 0.2) is 146 Å². The summed E-state index contributed by atoms with van der Waals surface area (Å²) in [5, 5.41) is 2.80. The van der Waals surface area contributed by atoms with Gasteiger partial charge in [0.1, 0.15) is 18.1 Å². The molecule has 6 nitrogen and oxygen atoms in total. The second kappa shape index (κ2) is 27.5. The van der Waals surface area contributed by atoms with Crippen molar-refractivity contribution in [3.8, 4) is 11.5 Å². The molecule has 1 unspecified atom stereocenters. The lowest BCUT2D eigenvalue weighted by Crippen LogP contribution is -2.48. The van der Waals surface area contributed by atoms with Crippen LogP contribution in [0.25, 0.3) is 0 Å². The monoisotopic (exact) mass is 1080 g/mol. The van der Waals surface area contributed by atoms with Gasteiger partial charge < -0.3 is 24.0 Å². The standard InChI is InChI=1S/C29H32Cl2F3NO2.C27H26Cl2F3NO2/c1-28(36-3,29(32,33)34)20-37-26-16-6-21(7-17-26)5-4-18-35(2)19-27(22-8-12-24(30)13-9-22)23-10-14-25(31)15-11-23;1-33(16-2-3-19-4-14-24(15-5-19)35-18-26(34)27(30,31)32)17-25(20-6-10-22(28)11-7-20)21-8-12-23(29)13-9-21/h6-17,27H,4-5,18-20H2,1-3H3;4-15,25H,2-3,16-18H2,1H3. The lowest BCUT2D eigenvalue weighted by molar-refractivity contribution is -0.270. The first kappa shape index (κ1) is 58.1. The van der Waals surface area contributed by atoms with Crippen molar-refractivity contribution in [2.24, 2.45) is 0 Å². The van der Waals surface area contributed by atoms with Gasteiger partial charge in [-0.3, -0.25) is 4.79 Å². The molecule has 0 fully saturated rings. The molecule has 72 heavy (non-hydrogen) atoms. The number of alkyl halides is 6. The number of hydrogen-bond donors (Lipinski definition) is 0. The Labute approximate surface area is 438 Å². The van der Waals surface area contributed by atoms with E-state index in [1.165, 1.54) is 22.3 Å². The highest BCUT2D eigenvalue weighted by molar-refractivity contribution is 6.31. The molecule has 0 saturated heterocycles. The number of likely N-dealkylation sites (N-methyl/N-ethyl adjacent to an activating group) is 2. The predicted octanol–water partition coefficient (Wildman–Crippen LogP) is 15.2. The minimum absolute atomic E-state index is 0.158. The molecule has 0 N–H and O–H groups in total. The topological polar surface area (TPSA) is 51.2 Å². The molecule has 0 saturated carbocycles. The normalized spacial score (nSPS) is 12.8. The van der Waals surface area contributed by atoms with Gasteiger partial charge in [-0.05, 0) is 166 Å². The van der Waals surface area contributed by atoms with Gasteiger partial charge in [0, 0.05) is 52.1 Å². The smallest absolute Gasteiger partial charge is 0.453 e. The molecule has 0 radical (unpaired) electrons. The van der Waals surface area contributed by atoms with Crippen LogP contribution >= 0.6 is 46.4 Å². The number of halogens is 10. The fourth-order valence-corrected chi connectivity index (χ4v) is 8.22. The van der Waals surface area contributed by atoms with Crippen LogP contribution in [-0.4, -0.2) is 94.1 Å². The largest absolute Gasteiger partial charge is 0.490 e. The molecule has 6 rings (SSSR count). The highest BCUT2D eigenvalue weighted by atomic mass is 35.5. The number of nitrogens with zero attached hydrogens (tertiary/aromatic N) is 2. The third kappa shape index (κ3) is 18.6. The van der Waals surface area contributed by atoms with E-state index in [0.29, 0.717) is 25.8 Å². The van der Waals surface area contributed by atoms with Crippen molar-refractivity contribution in [3.05, 3.63) is 199 Å². The van der Waals surface area contributed by atoms with E-state index in [0.717, 1.165) is 77.0 Å². The van der Waals surface area contributed by atoms with Crippen molar-refractivity contribution in [2.45, 2.75) is 62.4 Å². The summed E-state index contributed by atoms with van der Waals surface area (Å²) in [5.74, 6) is -0.963. The van der Waals surface area contributed by atoms with Crippen LogP contribution in [0.5, 0.6) is 11.5 Å². The zero-order chi connectivity index (χ0) is 52.5. The van der Waals surface area contributed by atoms with Crippen molar-refractivity contribution in [2.75, 3.05) is 60.6 Å². The van der Waals surface area contributed by atoms with Crippen LogP contribution in [0.3, 0.4) is 0 Å². The van der Waals surface area contributed by atoms with E-state index in [-0.39, 0.29) is 17.6 Å². The molecule has 6 aromatic rings. The molecule has 1 atom stereocenters. The van der Waals surface area contributed by atoms with Gasteiger partial charge >= 0.3 is 12.4 Å². The number of hydrogen-bond acceptors (Lipinski definition) is 6. The number of methoxy groups -OCH3 is 1. The second-order valence-electron chi connectivity index (χ2n) is 17.8. The van der Waals surface area contributed by atoms with E-state index >= 15 is 0 Å². The van der Waals surface area contributed by atoms with Crippen LogP contribution in [0.4, 0.5) is 26.3 Å².